The number of rotatable bonds is 15. The lowest BCUT2D eigenvalue weighted by Crippen LogP contribution is -2.34. The van der Waals surface area contributed by atoms with Gasteiger partial charge in [-0.15, -0.1) is 0 Å². The quantitative estimate of drug-likeness (QED) is 0.332. The molecule has 0 saturated heterocycles. The van der Waals surface area contributed by atoms with E-state index in [1.54, 1.807) is 11.8 Å². The van der Waals surface area contributed by atoms with Gasteiger partial charge in [-0.2, -0.15) is 11.8 Å². The van der Waals surface area contributed by atoms with Crippen LogP contribution in [0.3, 0.4) is 0 Å². The number of thioether (sulfide) groups is 1. The Morgan fingerprint density at radius 1 is 0.957 bits per heavy atom. The van der Waals surface area contributed by atoms with Crippen molar-refractivity contribution in [2.45, 2.75) is 90.6 Å². The molecule has 23 heavy (non-hydrogen) atoms. The second-order valence-corrected chi connectivity index (χ2v) is 7.26. The van der Waals surface area contributed by atoms with Crippen molar-refractivity contribution in [3.05, 3.63) is 0 Å². The first kappa shape index (κ1) is 22.3. The summed E-state index contributed by atoms with van der Waals surface area (Å²) in [5, 5.41) is 8.55. The summed E-state index contributed by atoms with van der Waals surface area (Å²) in [6.07, 6.45) is 8.37. The van der Waals surface area contributed by atoms with Crippen molar-refractivity contribution >= 4 is 23.7 Å². The molecule has 0 rings (SSSR count). The average Bonchev–Trinajstić information content (AvgIpc) is 2.53. The van der Waals surface area contributed by atoms with Crippen molar-refractivity contribution in [3.8, 4) is 0 Å². The van der Waals surface area contributed by atoms with E-state index in [0.29, 0.717) is 12.8 Å². The Morgan fingerprint density at radius 2 is 1.57 bits per heavy atom. The van der Waals surface area contributed by atoms with E-state index < -0.39 is 5.97 Å². The highest BCUT2D eigenvalue weighted by Gasteiger charge is 2.29. The van der Waals surface area contributed by atoms with E-state index in [1.807, 2.05) is 0 Å². The topological polar surface area (TPSA) is 63.6 Å². The zero-order valence-corrected chi connectivity index (χ0v) is 15.9. The van der Waals surface area contributed by atoms with Crippen LogP contribution in [0.2, 0.25) is 0 Å². The molecule has 0 fully saturated rings. The van der Waals surface area contributed by atoms with Gasteiger partial charge in [0.15, 0.2) is 0 Å². The van der Waals surface area contributed by atoms with Gasteiger partial charge in [0, 0.05) is 12.8 Å². The van der Waals surface area contributed by atoms with Crippen molar-refractivity contribution in [3.63, 3.8) is 0 Å². The molecule has 0 aromatic carbocycles. The number of esters is 1. The molecular formula is C18H34O4S. The Morgan fingerprint density at radius 3 is 2.09 bits per heavy atom. The summed E-state index contributed by atoms with van der Waals surface area (Å²) in [5.41, 5.74) is -0.277. The summed E-state index contributed by atoms with van der Waals surface area (Å²) in [7, 11) is 0. The van der Waals surface area contributed by atoms with Crippen molar-refractivity contribution in [2.24, 2.45) is 0 Å². The van der Waals surface area contributed by atoms with Crippen LogP contribution < -0.4 is 0 Å². The lowest BCUT2D eigenvalue weighted by Gasteiger charge is -2.31. The highest BCUT2D eigenvalue weighted by molar-refractivity contribution is 7.99. The second kappa shape index (κ2) is 13.7. The van der Waals surface area contributed by atoms with Crippen molar-refractivity contribution in [1.29, 1.82) is 0 Å². The Hall–Kier alpha value is -0.710. The first-order chi connectivity index (χ1) is 11.0. The van der Waals surface area contributed by atoms with Crippen molar-refractivity contribution in [1.82, 2.24) is 0 Å². The summed E-state index contributed by atoms with van der Waals surface area (Å²) in [4.78, 5) is 22.5. The van der Waals surface area contributed by atoms with E-state index in [-0.39, 0.29) is 18.0 Å². The highest BCUT2D eigenvalue weighted by Crippen LogP contribution is 2.28. The summed E-state index contributed by atoms with van der Waals surface area (Å²) < 4.78 is 5.82. The molecule has 0 aliphatic rings. The van der Waals surface area contributed by atoms with Crippen molar-refractivity contribution in [2.75, 3.05) is 11.5 Å². The van der Waals surface area contributed by atoms with Gasteiger partial charge in [-0.1, -0.05) is 33.6 Å². The van der Waals surface area contributed by atoms with Gasteiger partial charge in [0.25, 0.3) is 0 Å². The fraction of sp³-hybridized carbons (Fsp3) is 0.889. The molecule has 0 aromatic heterocycles. The Bertz CT molecular complexity index is 327. The van der Waals surface area contributed by atoms with Crippen LogP contribution in [0.5, 0.6) is 0 Å². The molecule has 4 nitrogen and oxygen atoms in total. The molecule has 0 amide bonds. The molecule has 0 aliphatic heterocycles. The van der Waals surface area contributed by atoms with Crippen LogP contribution in [0.25, 0.3) is 0 Å². The van der Waals surface area contributed by atoms with Crippen LogP contribution in [-0.4, -0.2) is 34.2 Å². The lowest BCUT2D eigenvalue weighted by atomic mass is 9.90. The SMILES string of the molecule is CCCCCC(CC)(CC)OC(=O)CCCSCCCC(=O)O. The molecule has 5 heteroatoms. The minimum Gasteiger partial charge on any atom is -0.481 e. The number of hydrogen-bond donors (Lipinski definition) is 1. The molecule has 0 bridgehead atoms. The van der Waals surface area contributed by atoms with Crippen LogP contribution in [0.15, 0.2) is 0 Å². The smallest absolute Gasteiger partial charge is 0.306 e. The number of carboxylic acids is 1. The first-order valence-electron chi connectivity index (χ1n) is 9.01. The predicted molar refractivity (Wildman–Crippen MR) is 97.0 cm³/mol. The Labute approximate surface area is 145 Å². The van der Waals surface area contributed by atoms with Gasteiger partial charge >= 0.3 is 11.9 Å². The van der Waals surface area contributed by atoms with E-state index in [9.17, 15) is 9.59 Å². The van der Waals surface area contributed by atoms with Gasteiger partial charge < -0.3 is 9.84 Å². The fourth-order valence-electron chi connectivity index (χ4n) is 2.53. The van der Waals surface area contributed by atoms with Gasteiger partial charge in [0.05, 0.1) is 0 Å². The number of hydrogen-bond acceptors (Lipinski definition) is 4. The summed E-state index contributed by atoms with van der Waals surface area (Å²) >= 11 is 1.71. The third-order valence-corrected chi connectivity index (χ3v) is 5.36. The van der Waals surface area contributed by atoms with Gasteiger partial charge in [0.1, 0.15) is 5.60 Å². The number of unbranched alkanes of at least 4 members (excludes halogenated alkanes) is 2. The molecule has 136 valence electrons. The lowest BCUT2D eigenvalue weighted by molar-refractivity contribution is -0.161. The second-order valence-electron chi connectivity index (χ2n) is 6.03. The molecule has 0 aliphatic carbocycles. The van der Waals surface area contributed by atoms with Gasteiger partial charge in [-0.25, -0.2) is 0 Å². The van der Waals surface area contributed by atoms with Gasteiger partial charge in [0.2, 0.25) is 0 Å². The Kier molecular flexibility index (Phi) is 13.3. The molecule has 0 heterocycles. The molecule has 0 atom stereocenters. The maximum Gasteiger partial charge on any atom is 0.306 e. The van der Waals surface area contributed by atoms with E-state index in [0.717, 1.165) is 43.6 Å². The summed E-state index contributed by atoms with van der Waals surface area (Å²) in [6, 6.07) is 0. The minimum absolute atomic E-state index is 0.0867. The van der Waals surface area contributed by atoms with E-state index >= 15 is 0 Å². The van der Waals surface area contributed by atoms with E-state index in [4.69, 9.17) is 9.84 Å². The maximum absolute atomic E-state index is 12.1. The average molecular weight is 347 g/mol. The number of carboxylic acid groups (broad SMARTS) is 1. The fourth-order valence-corrected chi connectivity index (χ4v) is 3.44. The normalized spacial score (nSPS) is 11.4. The summed E-state index contributed by atoms with van der Waals surface area (Å²) in [5.74, 6) is 0.895. The van der Waals surface area contributed by atoms with E-state index in [2.05, 4.69) is 20.8 Å². The molecular weight excluding hydrogens is 312 g/mol. The number of carbonyl (C=O) groups is 2. The Balaban J connectivity index is 3.92. The standard InChI is InChI=1S/C18H34O4S/c1-4-7-8-13-18(5-2,6-3)22-17(21)12-10-15-23-14-9-11-16(19)20/h4-15H2,1-3H3,(H,19,20). The summed E-state index contributed by atoms with van der Waals surface area (Å²) in [6.45, 7) is 6.38. The third-order valence-electron chi connectivity index (χ3n) is 4.20. The molecule has 0 aromatic rings. The number of carbonyl (C=O) groups excluding carboxylic acids is 1. The van der Waals surface area contributed by atoms with Gasteiger partial charge in [-0.05, 0) is 50.0 Å². The van der Waals surface area contributed by atoms with Crippen molar-refractivity contribution < 1.29 is 19.4 Å². The van der Waals surface area contributed by atoms with E-state index in [1.165, 1.54) is 12.8 Å². The third kappa shape index (κ3) is 11.5. The molecule has 0 unspecified atom stereocenters. The number of aliphatic carboxylic acids is 1. The first-order valence-corrected chi connectivity index (χ1v) is 10.2. The number of ether oxygens (including phenoxy) is 1. The van der Waals surface area contributed by atoms with Crippen LogP contribution >= 0.6 is 11.8 Å². The molecule has 1 N–H and O–H groups in total. The van der Waals surface area contributed by atoms with Crippen LogP contribution in [0.4, 0.5) is 0 Å². The van der Waals surface area contributed by atoms with Gasteiger partial charge in [-0.3, -0.25) is 9.59 Å². The monoisotopic (exact) mass is 346 g/mol. The zero-order chi connectivity index (χ0) is 17.6. The van der Waals surface area contributed by atoms with Crippen LogP contribution in [0.1, 0.15) is 85.0 Å². The maximum atomic E-state index is 12.1. The molecule has 0 spiro atoms. The van der Waals surface area contributed by atoms with Crippen LogP contribution in [-0.2, 0) is 14.3 Å². The largest absolute Gasteiger partial charge is 0.481 e. The minimum atomic E-state index is -0.743. The zero-order valence-electron chi connectivity index (χ0n) is 15.1. The highest BCUT2D eigenvalue weighted by atomic mass is 32.2. The molecule has 0 saturated carbocycles. The molecule has 0 radical (unpaired) electrons. The van der Waals surface area contributed by atoms with Crippen LogP contribution in [0, 0.1) is 0 Å². The predicted octanol–water partition coefficient (Wildman–Crippen LogP) is 5.05.